The van der Waals surface area contributed by atoms with Gasteiger partial charge in [-0.2, -0.15) is 13.2 Å². The van der Waals surface area contributed by atoms with E-state index in [1.54, 1.807) is 24.3 Å². The summed E-state index contributed by atoms with van der Waals surface area (Å²) in [6.07, 6.45) is -4.35. The fourth-order valence-electron chi connectivity index (χ4n) is 1.90. The van der Waals surface area contributed by atoms with Crippen molar-refractivity contribution < 1.29 is 18.0 Å². The molecule has 0 unspecified atom stereocenters. The molecule has 2 aromatic carbocycles. The molecule has 0 bridgehead atoms. The monoisotopic (exact) mass is 372 g/mol. The van der Waals surface area contributed by atoms with Crippen LogP contribution < -0.4 is 10.6 Å². The number of carbonyl (C=O) groups is 1. The highest BCUT2D eigenvalue weighted by atomic mass is 35.5. The lowest BCUT2D eigenvalue weighted by molar-refractivity contribution is -0.137. The maximum atomic E-state index is 12.6. The Balaban J connectivity index is 1.96. The van der Waals surface area contributed by atoms with Crippen molar-refractivity contribution in [2.24, 2.45) is 0 Å². The van der Waals surface area contributed by atoms with Crippen LogP contribution in [0.1, 0.15) is 11.1 Å². The van der Waals surface area contributed by atoms with Crippen molar-refractivity contribution in [1.29, 1.82) is 0 Å². The molecule has 0 atom stereocenters. The maximum Gasteiger partial charge on any atom is 0.416 e. The van der Waals surface area contributed by atoms with E-state index < -0.39 is 11.7 Å². The molecule has 1 amide bonds. The fourth-order valence-corrected chi connectivity index (χ4v) is 2.35. The lowest BCUT2D eigenvalue weighted by atomic mass is 10.1. The highest BCUT2D eigenvalue weighted by Gasteiger charge is 2.30. The van der Waals surface area contributed by atoms with Gasteiger partial charge in [0, 0.05) is 0 Å². The molecule has 2 rings (SSSR count). The first-order chi connectivity index (χ1) is 11.3. The first kappa shape index (κ1) is 18.2. The van der Waals surface area contributed by atoms with Crippen molar-refractivity contribution in [3.8, 4) is 0 Å². The van der Waals surface area contributed by atoms with E-state index in [1.807, 2.05) is 6.07 Å². The zero-order valence-corrected chi connectivity index (χ0v) is 13.7. The molecule has 0 radical (unpaired) electrons. The number of rotatable bonds is 3. The lowest BCUT2D eigenvalue weighted by Crippen LogP contribution is -2.35. The number of alkyl halides is 3. The molecule has 0 aliphatic rings. The molecule has 2 aromatic rings. The molecule has 0 heterocycles. The Morgan fingerprint density at radius 3 is 2.38 bits per heavy atom. The zero-order chi connectivity index (χ0) is 17.7. The smallest absolute Gasteiger partial charge is 0.331 e. The molecular formula is C16H12ClF3N2OS. The number of benzene rings is 2. The van der Waals surface area contributed by atoms with Crippen molar-refractivity contribution in [2.45, 2.75) is 12.6 Å². The summed E-state index contributed by atoms with van der Waals surface area (Å²) >= 11 is 10.8. The molecule has 0 spiro atoms. The van der Waals surface area contributed by atoms with E-state index in [4.69, 9.17) is 23.8 Å². The summed E-state index contributed by atoms with van der Waals surface area (Å²) in [5.74, 6) is -0.346. The highest BCUT2D eigenvalue weighted by molar-refractivity contribution is 7.80. The second-order valence-electron chi connectivity index (χ2n) is 4.86. The number of anilines is 1. The van der Waals surface area contributed by atoms with Crippen LogP contribution in [0, 0.1) is 0 Å². The summed E-state index contributed by atoms with van der Waals surface area (Å²) in [5, 5.41) is 4.86. The highest BCUT2D eigenvalue weighted by Crippen LogP contribution is 2.33. The summed E-state index contributed by atoms with van der Waals surface area (Å²) in [4.78, 5) is 11.9. The Labute approximate surface area is 146 Å². The Bertz CT molecular complexity index is 751. The summed E-state index contributed by atoms with van der Waals surface area (Å²) in [5.41, 5.74) is 0.122. The number of hydrogen-bond donors (Lipinski definition) is 2. The second-order valence-corrected chi connectivity index (χ2v) is 5.67. The maximum absolute atomic E-state index is 12.6. The fraction of sp³-hybridized carbons (Fsp3) is 0.125. The Morgan fingerprint density at radius 1 is 1.12 bits per heavy atom. The van der Waals surface area contributed by atoms with Crippen LogP contribution in [0.4, 0.5) is 18.9 Å². The van der Waals surface area contributed by atoms with Gasteiger partial charge in [-0.15, -0.1) is 0 Å². The van der Waals surface area contributed by atoms with E-state index in [1.165, 1.54) is 0 Å². The largest absolute Gasteiger partial charge is 0.416 e. The van der Waals surface area contributed by atoms with Gasteiger partial charge in [0.1, 0.15) is 0 Å². The number of carbonyl (C=O) groups excluding carboxylic acids is 1. The van der Waals surface area contributed by atoms with Crippen LogP contribution in [0.15, 0.2) is 48.5 Å². The molecule has 0 saturated heterocycles. The minimum atomic E-state index is -4.48. The first-order valence-electron chi connectivity index (χ1n) is 6.77. The summed E-state index contributed by atoms with van der Waals surface area (Å²) in [7, 11) is 0. The van der Waals surface area contributed by atoms with Crippen molar-refractivity contribution in [3.05, 3.63) is 64.7 Å². The normalized spacial score (nSPS) is 11.0. The van der Waals surface area contributed by atoms with Crippen molar-refractivity contribution in [3.63, 3.8) is 0 Å². The van der Waals surface area contributed by atoms with E-state index in [2.05, 4.69) is 10.6 Å². The van der Waals surface area contributed by atoms with Gasteiger partial charge in [-0.3, -0.25) is 4.79 Å². The molecule has 2 N–H and O–H groups in total. The van der Waals surface area contributed by atoms with Gasteiger partial charge in [-0.1, -0.05) is 41.9 Å². The van der Waals surface area contributed by atoms with Gasteiger partial charge in [0.2, 0.25) is 5.91 Å². The predicted octanol–water partition coefficient (Wildman–Crippen LogP) is 4.41. The van der Waals surface area contributed by atoms with Gasteiger partial charge in [0.15, 0.2) is 5.11 Å². The van der Waals surface area contributed by atoms with E-state index >= 15 is 0 Å². The summed E-state index contributed by atoms with van der Waals surface area (Å²) < 4.78 is 37.7. The van der Waals surface area contributed by atoms with Crippen LogP contribution in [0.2, 0.25) is 5.02 Å². The third-order valence-electron chi connectivity index (χ3n) is 3.01. The molecule has 8 heteroatoms. The standard InChI is InChI=1S/C16H12ClF3N2OS/c17-12-9-11(16(18,19)20)6-7-13(12)21-15(24)22-14(23)8-10-4-2-1-3-5-10/h1-7,9H,8H2,(H2,21,22,23,24). The van der Waals surface area contributed by atoms with E-state index in [0.717, 1.165) is 23.8 Å². The number of amides is 1. The number of hydrogen-bond acceptors (Lipinski definition) is 2. The van der Waals surface area contributed by atoms with Gasteiger partial charge in [0.05, 0.1) is 22.7 Å². The average molecular weight is 373 g/mol. The molecule has 0 aliphatic heterocycles. The van der Waals surface area contributed by atoms with Crippen LogP contribution in [0.5, 0.6) is 0 Å². The van der Waals surface area contributed by atoms with E-state index in [9.17, 15) is 18.0 Å². The minimum absolute atomic E-state index is 0.0439. The van der Waals surface area contributed by atoms with Crippen LogP contribution >= 0.6 is 23.8 Å². The molecule has 24 heavy (non-hydrogen) atoms. The first-order valence-corrected chi connectivity index (χ1v) is 7.56. The summed E-state index contributed by atoms with van der Waals surface area (Å²) in [6, 6.07) is 11.9. The summed E-state index contributed by atoms with van der Waals surface area (Å²) in [6.45, 7) is 0. The Morgan fingerprint density at radius 2 is 1.79 bits per heavy atom. The minimum Gasteiger partial charge on any atom is -0.331 e. The van der Waals surface area contributed by atoms with Crippen LogP contribution in [0.3, 0.4) is 0 Å². The molecule has 0 fully saturated rings. The number of nitrogens with one attached hydrogen (secondary N) is 2. The van der Waals surface area contributed by atoms with Gasteiger partial charge in [-0.25, -0.2) is 0 Å². The van der Waals surface area contributed by atoms with Gasteiger partial charge >= 0.3 is 6.18 Å². The second kappa shape index (κ2) is 7.63. The molecule has 0 saturated carbocycles. The average Bonchev–Trinajstić information content (AvgIpc) is 2.49. The van der Waals surface area contributed by atoms with Gasteiger partial charge < -0.3 is 10.6 Å². The van der Waals surface area contributed by atoms with Crippen molar-refractivity contribution >= 4 is 40.5 Å². The SMILES string of the molecule is O=C(Cc1ccccc1)NC(=S)Nc1ccc(C(F)(F)F)cc1Cl. The number of thiocarbonyl (C=S) groups is 1. The molecular weight excluding hydrogens is 361 g/mol. The third-order valence-corrected chi connectivity index (χ3v) is 3.52. The van der Waals surface area contributed by atoms with Gasteiger partial charge in [0.25, 0.3) is 0 Å². The quantitative estimate of drug-likeness (QED) is 0.784. The van der Waals surface area contributed by atoms with Crippen LogP contribution in [-0.4, -0.2) is 11.0 Å². The molecule has 126 valence electrons. The zero-order valence-electron chi connectivity index (χ0n) is 12.2. The third kappa shape index (κ3) is 5.21. The van der Waals surface area contributed by atoms with Crippen molar-refractivity contribution in [2.75, 3.05) is 5.32 Å². The predicted molar refractivity (Wildman–Crippen MR) is 91.0 cm³/mol. The van der Waals surface area contributed by atoms with E-state index in [-0.39, 0.29) is 28.2 Å². The Kier molecular flexibility index (Phi) is 5.80. The van der Waals surface area contributed by atoms with Gasteiger partial charge in [-0.05, 0) is 36.0 Å². The molecule has 0 aromatic heterocycles. The number of halogens is 4. The van der Waals surface area contributed by atoms with Crippen molar-refractivity contribution in [1.82, 2.24) is 5.32 Å². The molecule has 0 aliphatic carbocycles. The topological polar surface area (TPSA) is 41.1 Å². The van der Waals surface area contributed by atoms with E-state index in [0.29, 0.717) is 0 Å². The van der Waals surface area contributed by atoms with Crippen LogP contribution in [0.25, 0.3) is 0 Å². The lowest BCUT2D eigenvalue weighted by Gasteiger charge is -2.13. The van der Waals surface area contributed by atoms with Crippen LogP contribution in [-0.2, 0) is 17.4 Å². The Hall–Kier alpha value is -2.12. The molecule has 3 nitrogen and oxygen atoms in total.